The minimum absolute atomic E-state index is 0.186. The van der Waals surface area contributed by atoms with Crippen molar-refractivity contribution in [3.63, 3.8) is 0 Å². The van der Waals surface area contributed by atoms with Crippen molar-refractivity contribution in [2.45, 2.75) is 19.4 Å². The highest BCUT2D eigenvalue weighted by molar-refractivity contribution is 6.42. The fourth-order valence-electron chi connectivity index (χ4n) is 1.36. The average Bonchev–Trinajstić information content (AvgIpc) is 2.11. The average molecular weight is 248 g/mol. The van der Waals surface area contributed by atoms with Gasteiger partial charge in [-0.15, -0.1) is 6.58 Å². The summed E-state index contributed by atoms with van der Waals surface area (Å²) >= 11 is 11.7. The summed E-state index contributed by atoms with van der Waals surface area (Å²) < 4.78 is 13.5. The monoisotopic (exact) mass is 247 g/mol. The van der Waals surface area contributed by atoms with Crippen LogP contribution in [0.4, 0.5) is 4.39 Å². The van der Waals surface area contributed by atoms with E-state index in [0.717, 1.165) is 5.57 Å². The Morgan fingerprint density at radius 3 is 2.67 bits per heavy atom. The van der Waals surface area contributed by atoms with Gasteiger partial charge in [-0.1, -0.05) is 28.8 Å². The molecule has 0 fully saturated rings. The molecule has 0 aliphatic carbocycles. The summed E-state index contributed by atoms with van der Waals surface area (Å²) in [6.45, 7) is 5.55. The SMILES string of the molecule is C=C(C)C[C@H](N)c1c(F)ccc(Cl)c1Cl. The van der Waals surface area contributed by atoms with Gasteiger partial charge in [-0.3, -0.25) is 0 Å². The largest absolute Gasteiger partial charge is 0.324 e. The third kappa shape index (κ3) is 2.94. The first kappa shape index (κ1) is 12.5. The van der Waals surface area contributed by atoms with E-state index in [-0.39, 0.29) is 10.6 Å². The predicted molar refractivity (Wildman–Crippen MR) is 62.8 cm³/mol. The summed E-state index contributed by atoms with van der Waals surface area (Å²) in [5.41, 5.74) is 6.95. The molecule has 0 saturated heterocycles. The molecule has 15 heavy (non-hydrogen) atoms. The molecule has 0 heterocycles. The number of halogens is 3. The zero-order valence-corrected chi connectivity index (χ0v) is 9.87. The minimum Gasteiger partial charge on any atom is -0.324 e. The van der Waals surface area contributed by atoms with E-state index in [9.17, 15) is 4.39 Å². The van der Waals surface area contributed by atoms with Crippen LogP contribution in [0.2, 0.25) is 10.0 Å². The van der Waals surface area contributed by atoms with Gasteiger partial charge in [0.25, 0.3) is 0 Å². The zero-order chi connectivity index (χ0) is 11.6. The summed E-state index contributed by atoms with van der Waals surface area (Å²) in [7, 11) is 0. The molecule has 0 aliphatic rings. The highest BCUT2D eigenvalue weighted by atomic mass is 35.5. The van der Waals surface area contributed by atoms with Crippen LogP contribution in [0.25, 0.3) is 0 Å². The molecule has 2 N–H and O–H groups in total. The lowest BCUT2D eigenvalue weighted by Gasteiger charge is -2.15. The van der Waals surface area contributed by atoms with Gasteiger partial charge in [0, 0.05) is 11.6 Å². The van der Waals surface area contributed by atoms with Crippen LogP contribution >= 0.6 is 23.2 Å². The van der Waals surface area contributed by atoms with Crippen LogP contribution in [0.15, 0.2) is 24.3 Å². The van der Waals surface area contributed by atoms with Crippen molar-refractivity contribution in [1.82, 2.24) is 0 Å². The second kappa shape index (κ2) is 4.97. The number of hydrogen-bond donors (Lipinski definition) is 1. The Hall–Kier alpha value is -0.570. The topological polar surface area (TPSA) is 26.0 Å². The molecule has 4 heteroatoms. The molecule has 0 amide bonds. The van der Waals surface area contributed by atoms with Gasteiger partial charge in [0.15, 0.2) is 0 Å². The van der Waals surface area contributed by atoms with Crippen molar-refractivity contribution in [2.24, 2.45) is 5.73 Å². The van der Waals surface area contributed by atoms with E-state index >= 15 is 0 Å². The second-order valence-corrected chi connectivity index (χ2v) is 4.31. The molecule has 1 aromatic rings. The van der Waals surface area contributed by atoms with Crippen LogP contribution in [0.1, 0.15) is 24.9 Å². The van der Waals surface area contributed by atoms with Crippen molar-refractivity contribution < 1.29 is 4.39 Å². The summed E-state index contributed by atoms with van der Waals surface area (Å²) in [6.07, 6.45) is 0.483. The highest BCUT2D eigenvalue weighted by Gasteiger charge is 2.17. The molecule has 0 bridgehead atoms. The minimum atomic E-state index is -0.506. The normalized spacial score (nSPS) is 12.6. The molecule has 0 saturated carbocycles. The first-order valence-electron chi connectivity index (χ1n) is 4.46. The lowest BCUT2D eigenvalue weighted by molar-refractivity contribution is 0.580. The molecule has 1 rings (SSSR count). The van der Waals surface area contributed by atoms with Crippen LogP contribution in [0.3, 0.4) is 0 Å². The maximum atomic E-state index is 13.5. The molecule has 1 nitrogen and oxygen atoms in total. The van der Waals surface area contributed by atoms with Gasteiger partial charge in [-0.2, -0.15) is 0 Å². The van der Waals surface area contributed by atoms with Crippen molar-refractivity contribution in [2.75, 3.05) is 0 Å². The summed E-state index contributed by atoms with van der Waals surface area (Å²) in [6, 6.07) is 2.17. The standard InChI is InChI=1S/C11H12Cl2FN/c1-6(2)5-9(15)10-8(14)4-3-7(12)11(10)13/h3-4,9H,1,5,15H2,2H3/t9-/m0/s1. The van der Waals surface area contributed by atoms with Crippen molar-refractivity contribution in [3.8, 4) is 0 Å². The maximum Gasteiger partial charge on any atom is 0.129 e. The lowest BCUT2D eigenvalue weighted by atomic mass is 10.0. The van der Waals surface area contributed by atoms with Crippen LogP contribution in [0.5, 0.6) is 0 Å². The molecule has 0 aromatic heterocycles. The van der Waals surface area contributed by atoms with E-state index < -0.39 is 11.9 Å². The van der Waals surface area contributed by atoms with Gasteiger partial charge >= 0.3 is 0 Å². The Bertz CT molecular complexity index is 390. The quantitative estimate of drug-likeness (QED) is 0.632. The summed E-state index contributed by atoms with van der Waals surface area (Å²) in [5, 5.41) is 0.496. The Balaban J connectivity index is 3.12. The predicted octanol–water partition coefficient (Wildman–Crippen LogP) is 4.10. The molecular weight excluding hydrogens is 236 g/mol. The summed E-state index contributed by atoms with van der Waals surface area (Å²) in [4.78, 5) is 0. The van der Waals surface area contributed by atoms with Gasteiger partial charge in [-0.05, 0) is 25.5 Å². The third-order valence-corrected chi connectivity index (χ3v) is 2.84. The zero-order valence-electron chi connectivity index (χ0n) is 8.36. The molecule has 0 spiro atoms. The number of benzene rings is 1. The number of rotatable bonds is 3. The van der Waals surface area contributed by atoms with E-state index in [1.165, 1.54) is 12.1 Å². The van der Waals surface area contributed by atoms with Gasteiger partial charge in [0.1, 0.15) is 5.82 Å². The van der Waals surface area contributed by atoms with Gasteiger partial charge in [0.2, 0.25) is 0 Å². The molecule has 0 aliphatic heterocycles. The maximum absolute atomic E-state index is 13.5. The Labute approximate surface area is 98.7 Å². The first-order valence-corrected chi connectivity index (χ1v) is 5.22. The second-order valence-electron chi connectivity index (χ2n) is 3.52. The van der Waals surface area contributed by atoms with Crippen LogP contribution in [-0.2, 0) is 0 Å². The van der Waals surface area contributed by atoms with Crippen molar-refractivity contribution in [1.29, 1.82) is 0 Å². The molecule has 0 unspecified atom stereocenters. The van der Waals surface area contributed by atoms with E-state index in [0.29, 0.717) is 11.4 Å². The third-order valence-electron chi connectivity index (χ3n) is 2.02. The highest BCUT2D eigenvalue weighted by Crippen LogP contribution is 2.33. The fraction of sp³-hybridized carbons (Fsp3) is 0.273. The smallest absolute Gasteiger partial charge is 0.129 e. The molecule has 0 radical (unpaired) electrons. The molecule has 1 atom stereocenters. The first-order chi connectivity index (χ1) is 6.93. The van der Waals surface area contributed by atoms with Crippen LogP contribution in [0, 0.1) is 5.82 Å². The Morgan fingerprint density at radius 2 is 2.13 bits per heavy atom. The summed E-state index contributed by atoms with van der Waals surface area (Å²) in [5.74, 6) is -0.432. The number of hydrogen-bond acceptors (Lipinski definition) is 1. The van der Waals surface area contributed by atoms with E-state index in [4.69, 9.17) is 28.9 Å². The van der Waals surface area contributed by atoms with Crippen LogP contribution < -0.4 is 5.73 Å². The molecule has 82 valence electrons. The van der Waals surface area contributed by atoms with Crippen molar-refractivity contribution in [3.05, 3.63) is 45.7 Å². The van der Waals surface area contributed by atoms with E-state index in [2.05, 4.69) is 6.58 Å². The fourth-order valence-corrected chi connectivity index (χ4v) is 1.82. The van der Waals surface area contributed by atoms with Gasteiger partial charge in [-0.25, -0.2) is 4.39 Å². The van der Waals surface area contributed by atoms with E-state index in [1.54, 1.807) is 0 Å². The van der Waals surface area contributed by atoms with E-state index in [1.807, 2.05) is 6.92 Å². The Morgan fingerprint density at radius 1 is 1.53 bits per heavy atom. The molecule has 1 aromatic carbocycles. The van der Waals surface area contributed by atoms with Crippen LogP contribution in [-0.4, -0.2) is 0 Å². The Kier molecular flexibility index (Phi) is 4.14. The molecular formula is C11H12Cl2FN. The number of nitrogens with two attached hydrogens (primary N) is 1. The van der Waals surface area contributed by atoms with Crippen molar-refractivity contribution >= 4 is 23.2 Å². The van der Waals surface area contributed by atoms with Gasteiger partial charge in [0.05, 0.1) is 10.0 Å². The van der Waals surface area contributed by atoms with Gasteiger partial charge < -0.3 is 5.73 Å². The lowest BCUT2D eigenvalue weighted by Crippen LogP contribution is -2.13.